The van der Waals surface area contributed by atoms with Crippen LogP contribution in [-0.2, 0) is 31.6 Å². The van der Waals surface area contributed by atoms with Crippen LogP contribution in [0, 0.1) is 0 Å². The monoisotopic (exact) mass is 330 g/mol. The molecule has 0 amide bonds. The van der Waals surface area contributed by atoms with Gasteiger partial charge in [-0.2, -0.15) is 8.42 Å². The first-order valence-electron chi connectivity index (χ1n) is 7.89. The Bertz CT molecular complexity index is 765. The highest BCUT2D eigenvalue weighted by Gasteiger charge is 2.32. The minimum absolute atomic E-state index is 0.437. The molecule has 0 aliphatic heterocycles. The maximum Gasteiger partial charge on any atom is 0.401 e. The summed E-state index contributed by atoms with van der Waals surface area (Å²) in [5.41, 5.74) is 4.20. The van der Waals surface area contributed by atoms with Gasteiger partial charge in [-0.3, -0.25) is 0 Å². The van der Waals surface area contributed by atoms with Crippen molar-refractivity contribution in [2.24, 2.45) is 0 Å². The quantitative estimate of drug-likeness (QED) is 0.859. The number of rotatable bonds is 4. The largest absolute Gasteiger partial charge is 0.401 e. The lowest BCUT2D eigenvalue weighted by Crippen LogP contribution is -2.15. The second kappa shape index (κ2) is 5.74. The summed E-state index contributed by atoms with van der Waals surface area (Å²) in [5.74, 6) is 0. The molecule has 23 heavy (non-hydrogen) atoms. The molecule has 0 radical (unpaired) electrons. The maximum atomic E-state index is 12.3. The van der Waals surface area contributed by atoms with E-state index in [9.17, 15) is 8.42 Å². The van der Waals surface area contributed by atoms with Gasteiger partial charge in [-0.05, 0) is 47.9 Å². The van der Waals surface area contributed by atoms with E-state index in [1.165, 1.54) is 0 Å². The highest BCUT2D eigenvalue weighted by Crippen LogP contribution is 2.38. The summed E-state index contributed by atoms with van der Waals surface area (Å²) in [7, 11) is -4.03. The van der Waals surface area contributed by atoms with Crippen LogP contribution in [0.3, 0.4) is 0 Å². The molecule has 5 heteroatoms. The lowest BCUT2D eigenvalue weighted by molar-refractivity contribution is 0.124. The molecule has 2 unspecified atom stereocenters. The second-order valence-electron chi connectivity index (χ2n) is 6.05. The third kappa shape index (κ3) is 2.92. The number of hydrogen-bond acceptors (Lipinski definition) is 4. The van der Waals surface area contributed by atoms with Gasteiger partial charge in [0.25, 0.3) is 0 Å². The predicted molar refractivity (Wildman–Crippen MR) is 86.1 cm³/mol. The fraction of sp³-hybridized carbons (Fsp3) is 0.333. The first-order valence-corrected chi connectivity index (χ1v) is 9.23. The molecule has 2 aromatic rings. The number of aryl methyl sites for hydroxylation is 2. The van der Waals surface area contributed by atoms with Gasteiger partial charge in [-0.1, -0.05) is 48.5 Å². The summed E-state index contributed by atoms with van der Waals surface area (Å²) in [6.45, 7) is 0. The molecule has 4 rings (SSSR count). The van der Waals surface area contributed by atoms with Gasteiger partial charge in [0.05, 0.1) is 0 Å². The summed E-state index contributed by atoms with van der Waals surface area (Å²) >= 11 is 0. The summed E-state index contributed by atoms with van der Waals surface area (Å²) in [5, 5.41) is 0. The van der Waals surface area contributed by atoms with Gasteiger partial charge in [-0.25, -0.2) is 8.37 Å². The van der Waals surface area contributed by atoms with Crippen LogP contribution in [0.5, 0.6) is 0 Å². The Morgan fingerprint density at radius 2 is 1.17 bits per heavy atom. The SMILES string of the molecule is O=S(=O)(OC1CCc2ccccc21)OC1CCc2ccccc21. The molecule has 2 aliphatic carbocycles. The highest BCUT2D eigenvalue weighted by atomic mass is 32.3. The van der Waals surface area contributed by atoms with Gasteiger partial charge in [-0.15, -0.1) is 0 Å². The normalized spacial score (nSPS) is 22.8. The van der Waals surface area contributed by atoms with Crippen molar-refractivity contribution < 1.29 is 16.8 Å². The fourth-order valence-electron chi connectivity index (χ4n) is 3.54. The van der Waals surface area contributed by atoms with Crippen LogP contribution in [0.25, 0.3) is 0 Å². The summed E-state index contributed by atoms with van der Waals surface area (Å²) in [6, 6.07) is 15.6. The average Bonchev–Trinajstić information content (AvgIpc) is 3.12. The van der Waals surface area contributed by atoms with Crippen molar-refractivity contribution in [2.75, 3.05) is 0 Å². The topological polar surface area (TPSA) is 52.6 Å². The Balaban J connectivity index is 1.50. The third-order valence-electron chi connectivity index (χ3n) is 4.62. The molecule has 0 aromatic heterocycles. The molecule has 0 bridgehead atoms. The smallest absolute Gasteiger partial charge is 0.240 e. The van der Waals surface area contributed by atoms with Crippen LogP contribution in [0.15, 0.2) is 48.5 Å². The van der Waals surface area contributed by atoms with Gasteiger partial charge < -0.3 is 0 Å². The molecular weight excluding hydrogens is 312 g/mol. The van der Waals surface area contributed by atoms with Crippen molar-refractivity contribution in [3.05, 3.63) is 70.8 Å². The van der Waals surface area contributed by atoms with E-state index in [1.807, 2.05) is 48.5 Å². The maximum absolute atomic E-state index is 12.3. The van der Waals surface area contributed by atoms with Crippen molar-refractivity contribution in [2.45, 2.75) is 37.9 Å². The van der Waals surface area contributed by atoms with E-state index in [0.717, 1.165) is 35.1 Å². The number of hydrogen-bond donors (Lipinski definition) is 0. The summed E-state index contributed by atoms with van der Waals surface area (Å²) < 4.78 is 35.3. The molecule has 4 nitrogen and oxygen atoms in total. The van der Waals surface area contributed by atoms with E-state index >= 15 is 0 Å². The van der Waals surface area contributed by atoms with Gasteiger partial charge in [0, 0.05) is 0 Å². The van der Waals surface area contributed by atoms with Crippen LogP contribution in [0.4, 0.5) is 0 Å². The van der Waals surface area contributed by atoms with Crippen LogP contribution in [0.1, 0.15) is 47.3 Å². The molecule has 2 aliphatic rings. The van der Waals surface area contributed by atoms with Crippen molar-refractivity contribution in [3.8, 4) is 0 Å². The van der Waals surface area contributed by atoms with Crippen LogP contribution in [-0.4, -0.2) is 8.42 Å². The second-order valence-corrected chi connectivity index (χ2v) is 7.25. The van der Waals surface area contributed by atoms with Crippen LogP contribution >= 0.6 is 0 Å². The molecule has 0 N–H and O–H groups in total. The zero-order chi connectivity index (χ0) is 15.9. The van der Waals surface area contributed by atoms with Crippen LogP contribution in [0.2, 0.25) is 0 Å². The summed E-state index contributed by atoms with van der Waals surface area (Å²) in [4.78, 5) is 0. The Labute approximate surface area is 136 Å². The zero-order valence-corrected chi connectivity index (χ0v) is 13.5. The molecule has 0 spiro atoms. The fourth-order valence-corrected chi connectivity index (χ4v) is 4.56. The Hall–Kier alpha value is -1.69. The lowest BCUT2D eigenvalue weighted by atomic mass is 10.1. The van der Waals surface area contributed by atoms with E-state index in [4.69, 9.17) is 8.37 Å². The molecule has 2 atom stereocenters. The molecule has 2 aromatic carbocycles. The predicted octanol–water partition coefficient (Wildman–Crippen LogP) is 3.64. The molecule has 120 valence electrons. The zero-order valence-electron chi connectivity index (χ0n) is 12.6. The molecular formula is C18H18O4S. The van der Waals surface area contributed by atoms with Gasteiger partial charge >= 0.3 is 10.4 Å². The molecule has 0 heterocycles. The minimum atomic E-state index is -4.03. The molecule has 0 saturated carbocycles. The van der Waals surface area contributed by atoms with Gasteiger partial charge in [0.1, 0.15) is 12.2 Å². The van der Waals surface area contributed by atoms with Crippen molar-refractivity contribution in [3.63, 3.8) is 0 Å². The Kier molecular flexibility index (Phi) is 3.71. The van der Waals surface area contributed by atoms with Gasteiger partial charge in [0.15, 0.2) is 0 Å². The van der Waals surface area contributed by atoms with E-state index in [1.54, 1.807) is 0 Å². The Morgan fingerprint density at radius 1 is 0.739 bits per heavy atom. The van der Waals surface area contributed by atoms with Crippen molar-refractivity contribution in [1.82, 2.24) is 0 Å². The van der Waals surface area contributed by atoms with E-state index in [-0.39, 0.29) is 0 Å². The highest BCUT2D eigenvalue weighted by molar-refractivity contribution is 7.81. The minimum Gasteiger partial charge on any atom is -0.240 e. The van der Waals surface area contributed by atoms with E-state index in [0.29, 0.717) is 12.8 Å². The van der Waals surface area contributed by atoms with E-state index < -0.39 is 22.6 Å². The first kappa shape index (κ1) is 14.9. The standard InChI is InChI=1S/C18H18O4S/c19-23(20,21-17-11-9-13-5-1-3-7-15(13)17)22-18-12-10-14-6-2-4-8-16(14)18/h1-8,17-18H,9-12H2. The molecule has 0 fully saturated rings. The van der Waals surface area contributed by atoms with Crippen molar-refractivity contribution >= 4 is 10.4 Å². The van der Waals surface area contributed by atoms with E-state index in [2.05, 4.69) is 0 Å². The van der Waals surface area contributed by atoms with Crippen molar-refractivity contribution in [1.29, 1.82) is 0 Å². The lowest BCUT2D eigenvalue weighted by Gasteiger charge is -2.16. The number of fused-ring (bicyclic) bond motifs is 2. The number of benzene rings is 2. The first-order chi connectivity index (χ1) is 11.1. The Morgan fingerprint density at radius 3 is 1.65 bits per heavy atom. The van der Waals surface area contributed by atoms with Gasteiger partial charge in [0.2, 0.25) is 0 Å². The van der Waals surface area contributed by atoms with Crippen LogP contribution < -0.4 is 0 Å². The molecule has 0 saturated heterocycles. The summed E-state index contributed by atoms with van der Waals surface area (Å²) in [6.07, 6.45) is 2.14. The average molecular weight is 330 g/mol. The third-order valence-corrected chi connectivity index (χ3v) is 5.56.